The lowest BCUT2D eigenvalue weighted by atomic mass is 10.1. The Morgan fingerprint density at radius 3 is 3.00 bits per heavy atom. The van der Waals surface area contributed by atoms with Crippen molar-refractivity contribution in [2.45, 2.75) is 6.42 Å². The van der Waals surface area contributed by atoms with Crippen molar-refractivity contribution in [3.8, 4) is 22.7 Å². The smallest absolute Gasteiger partial charge is 0.145 e. The molecule has 1 aliphatic heterocycles. The summed E-state index contributed by atoms with van der Waals surface area (Å²) in [5, 5.41) is 4.38. The van der Waals surface area contributed by atoms with E-state index in [2.05, 4.69) is 21.6 Å². The Bertz CT molecular complexity index is 839. The van der Waals surface area contributed by atoms with E-state index in [1.807, 2.05) is 30.5 Å². The molecule has 1 aliphatic rings. The highest BCUT2D eigenvalue weighted by atomic mass is 16.5. The Morgan fingerprint density at radius 1 is 1.18 bits per heavy atom. The van der Waals surface area contributed by atoms with Gasteiger partial charge in [0.25, 0.3) is 0 Å². The molecule has 0 unspecified atom stereocenters. The fourth-order valence-electron chi connectivity index (χ4n) is 2.47. The summed E-state index contributed by atoms with van der Waals surface area (Å²) in [6.07, 6.45) is 8.07. The Kier molecular flexibility index (Phi) is 2.96. The minimum atomic E-state index is 0.672. The van der Waals surface area contributed by atoms with Gasteiger partial charge in [-0.25, -0.2) is 9.67 Å². The molecule has 3 aromatic rings. The van der Waals surface area contributed by atoms with E-state index in [-0.39, 0.29) is 0 Å². The topological polar surface area (TPSA) is 52.8 Å². The zero-order chi connectivity index (χ0) is 14.9. The van der Waals surface area contributed by atoms with Crippen LogP contribution in [0, 0.1) is 0 Å². The highest BCUT2D eigenvalue weighted by molar-refractivity contribution is 5.70. The minimum absolute atomic E-state index is 0.672. The fourth-order valence-corrected chi connectivity index (χ4v) is 2.47. The zero-order valence-electron chi connectivity index (χ0n) is 11.9. The summed E-state index contributed by atoms with van der Waals surface area (Å²) >= 11 is 0. The molecule has 0 radical (unpaired) electrons. The van der Waals surface area contributed by atoms with E-state index in [1.54, 1.807) is 23.3 Å². The van der Waals surface area contributed by atoms with Gasteiger partial charge in [0.2, 0.25) is 0 Å². The van der Waals surface area contributed by atoms with Crippen molar-refractivity contribution in [2.75, 3.05) is 6.61 Å². The lowest BCUT2D eigenvalue weighted by Crippen LogP contribution is -2.08. The summed E-state index contributed by atoms with van der Waals surface area (Å²) in [7, 11) is 0. The van der Waals surface area contributed by atoms with Gasteiger partial charge in [-0.2, -0.15) is 5.10 Å². The van der Waals surface area contributed by atoms with E-state index >= 15 is 0 Å². The molecule has 0 aromatic carbocycles. The summed E-state index contributed by atoms with van der Waals surface area (Å²) in [5.41, 5.74) is 4.59. The number of hydrogen-bond acceptors (Lipinski definition) is 4. The molecule has 0 bridgehead atoms. The number of aromatic nitrogens is 4. The van der Waals surface area contributed by atoms with Crippen LogP contribution in [-0.2, 0) is 0 Å². The van der Waals surface area contributed by atoms with Gasteiger partial charge in [-0.05, 0) is 29.8 Å². The van der Waals surface area contributed by atoms with E-state index in [0.717, 1.165) is 40.4 Å². The quantitative estimate of drug-likeness (QED) is 0.727. The standard InChI is InChI=1S/C17H14N4O/c1-12-6-8-22-16-5-4-15(20-17(12)16)13-9-19-21(11-13)14-3-2-7-18-10-14/h2-5,7,9-11H,1,6,8H2. The molecule has 0 atom stereocenters. The molecule has 22 heavy (non-hydrogen) atoms. The monoisotopic (exact) mass is 290 g/mol. The van der Waals surface area contributed by atoms with Crippen LogP contribution in [0.2, 0.25) is 0 Å². The average molecular weight is 290 g/mol. The molecule has 0 amide bonds. The molecule has 0 saturated heterocycles. The first-order valence-electron chi connectivity index (χ1n) is 7.09. The van der Waals surface area contributed by atoms with Gasteiger partial charge in [-0.15, -0.1) is 0 Å². The first kappa shape index (κ1) is 12.8. The van der Waals surface area contributed by atoms with E-state index < -0.39 is 0 Å². The van der Waals surface area contributed by atoms with Crippen molar-refractivity contribution in [1.29, 1.82) is 0 Å². The number of pyridine rings is 2. The third kappa shape index (κ3) is 2.16. The molecule has 0 saturated carbocycles. The molecule has 5 heteroatoms. The molecule has 0 spiro atoms. The predicted molar refractivity (Wildman–Crippen MR) is 83.7 cm³/mol. The Labute approximate surface area is 127 Å². The van der Waals surface area contributed by atoms with Crippen LogP contribution in [0.3, 0.4) is 0 Å². The van der Waals surface area contributed by atoms with Crippen molar-refractivity contribution < 1.29 is 4.74 Å². The van der Waals surface area contributed by atoms with Crippen molar-refractivity contribution in [2.24, 2.45) is 0 Å². The van der Waals surface area contributed by atoms with Gasteiger partial charge < -0.3 is 4.74 Å². The first-order valence-corrected chi connectivity index (χ1v) is 7.09. The van der Waals surface area contributed by atoms with Crippen molar-refractivity contribution >= 4 is 5.57 Å². The number of ether oxygens (including phenoxy) is 1. The highest BCUT2D eigenvalue weighted by Crippen LogP contribution is 2.32. The molecule has 4 heterocycles. The second-order valence-electron chi connectivity index (χ2n) is 5.13. The molecule has 108 valence electrons. The van der Waals surface area contributed by atoms with Crippen molar-refractivity contribution in [3.05, 3.63) is 61.3 Å². The van der Waals surface area contributed by atoms with Crippen molar-refractivity contribution in [3.63, 3.8) is 0 Å². The molecule has 4 rings (SSSR count). The molecule has 0 aliphatic carbocycles. The summed E-state index contributed by atoms with van der Waals surface area (Å²) in [6, 6.07) is 7.74. The van der Waals surface area contributed by atoms with E-state index in [9.17, 15) is 0 Å². The normalized spacial score (nSPS) is 13.5. The Hall–Kier alpha value is -2.95. The fraction of sp³-hybridized carbons (Fsp3) is 0.118. The maximum Gasteiger partial charge on any atom is 0.145 e. The van der Waals surface area contributed by atoms with E-state index in [4.69, 9.17) is 4.74 Å². The van der Waals surface area contributed by atoms with Crippen LogP contribution in [0.15, 0.2) is 55.6 Å². The summed E-state index contributed by atoms with van der Waals surface area (Å²) in [6.45, 7) is 4.74. The summed E-state index contributed by atoms with van der Waals surface area (Å²) < 4.78 is 7.39. The van der Waals surface area contributed by atoms with Gasteiger partial charge >= 0.3 is 0 Å². The SMILES string of the molecule is C=C1CCOc2ccc(-c3cnn(-c4cccnc4)c3)nc21. The van der Waals surface area contributed by atoms with Crippen LogP contribution in [0.5, 0.6) is 5.75 Å². The maximum absolute atomic E-state index is 5.61. The van der Waals surface area contributed by atoms with Gasteiger partial charge in [0, 0.05) is 24.4 Å². The lowest BCUT2D eigenvalue weighted by molar-refractivity contribution is 0.314. The number of rotatable bonds is 2. The molecule has 0 fully saturated rings. The summed E-state index contributed by atoms with van der Waals surface area (Å²) in [5.74, 6) is 0.805. The number of fused-ring (bicyclic) bond motifs is 1. The lowest BCUT2D eigenvalue weighted by Gasteiger charge is -2.18. The van der Waals surface area contributed by atoms with Crippen LogP contribution >= 0.6 is 0 Å². The highest BCUT2D eigenvalue weighted by Gasteiger charge is 2.16. The minimum Gasteiger partial charge on any atom is -0.491 e. The van der Waals surface area contributed by atoms with Crippen LogP contribution in [0.1, 0.15) is 12.1 Å². The van der Waals surface area contributed by atoms with Crippen LogP contribution in [-0.4, -0.2) is 26.4 Å². The van der Waals surface area contributed by atoms with E-state index in [0.29, 0.717) is 6.61 Å². The Balaban J connectivity index is 1.73. The third-order valence-corrected chi connectivity index (χ3v) is 3.64. The largest absolute Gasteiger partial charge is 0.491 e. The van der Waals surface area contributed by atoms with Gasteiger partial charge in [-0.1, -0.05) is 6.58 Å². The second-order valence-corrected chi connectivity index (χ2v) is 5.13. The summed E-state index contributed by atoms with van der Waals surface area (Å²) in [4.78, 5) is 8.78. The van der Waals surface area contributed by atoms with E-state index in [1.165, 1.54) is 0 Å². The zero-order valence-corrected chi connectivity index (χ0v) is 11.9. The predicted octanol–water partition coefficient (Wildman–Crippen LogP) is 3.13. The van der Waals surface area contributed by atoms with Gasteiger partial charge in [0.1, 0.15) is 11.4 Å². The maximum atomic E-state index is 5.61. The van der Waals surface area contributed by atoms with Gasteiger partial charge in [-0.3, -0.25) is 4.98 Å². The average Bonchev–Trinajstić information content (AvgIpc) is 3.06. The van der Waals surface area contributed by atoms with Gasteiger partial charge in [0.05, 0.1) is 30.4 Å². The van der Waals surface area contributed by atoms with Crippen molar-refractivity contribution in [1.82, 2.24) is 19.7 Å². The Morgan fingerprint density at radius 2 is 2.14 bits per heavy atom. The third-order valence-electron chi connectivity index (χ3n) is 3.64. The molecule has 3 aromatic heterocycles. The van der Waals surface area contributed by atoms with Gasteiger partial charge in [0.15, 0.2) is 0 Å². The number of nitrogens with zero attached hydrogens (tertiary/aromatic N) is 4. The second kappa shape index (κ2) is 5.11. The molecule has 0 N–H and O–H groups in total. The molecular weight excluding hydrogens is 276 g/mol. The number of hydrogen-bond donors (Lipinski definition) is 0. The molecule has 5 nitrogen and oxygen atoms in total. The first-order chi connectivity index (χ1) is 10.8. The van der Waals surface area contributed by atoms with Crippen LogP contribution in [0.4, 0.5) is 0 Å². The van der Waals surface area contributed by atoms with Crippen LogP contribution in [0.25, 0.3) is 22.5 Å². The molecular formula is C17H14N4O. The van der Waals surface area contributed by atoms with Crippen LogP contribution < -0.4 is 4.74 Å².